The molecular formula is C21H24N2O5. The molecule has 2 rings (SSSR count). The van der Waals surface area contributed by atoms with Crippen molar-refractivity contribution in [2.45, 2.75) is 19.9 Å². The van der Waals surface area contributed by atoms with Gasteiger partial charge in [-0.25, -0.2) is 0 Å². The fourth-order valence-corrected chi connectivity index (χ4v) is 2.49. The van der Waals surface area contributed by atoms with Crippen LogP contribution in [0.5, 0.6) is 5.75 Å². The van der Waals surface area contributed by atoms with Crippen molar-refractivity contribution in [2.75, 3.05) is 19.8 Å². The van der Waals surface area contributed by atoms with Gasteiger partial charge in [-0.05, 0) is 31.5 Å². The molecule has 0 saturated heterocycles. The largest absolute Gasteiger partial charge is 0.493 e. The van der Waals surface area contributed by atoms with Crippen LogP contribution in [0.3, 0.4) is 0 Å². The molecule has 0 aliphatic heterocycles. The molecule has 2 aromatic rings. The lowest BCUT2D eigenvalue weighted by Gasteiger charge is -2.14. The zero-order chi connectivity index (χ0) is 20.4. The number of esters is 1. The highest BCUT2D eigenvalue weighted by Crippen LogP contribution is 2.17. The van der Waals surface area contributed by atoms with E-state index in [-0.39, 0.29) is 12.6 Å². The van der Waals surface area contributed by atoms with E-state index in [0.29, 0.717) is 17.9 Å². The maximum atomic E-state index is 12.2. The zero-order valence-electron chi connectivity index (χ0n) is 15.9. The number of nitrogens with one attached hydrogen (secondary N) is 2. The maximum absolute atomic E-state index is 12.2. The summed E-state index contributed by atoms with van der Waals surface area (Å²) in [5.41, 5.74) is 1.27. The smallest absolute Gasteiger partial charge is 0.325 e. The molecule has 28 heavy (non-hydrogen) atoms. The average Bonchev–Trinajstić information content (AvgIpc) is 2.71. The Morgan fingerprint density at radius 1 is 1.00 bits per heavy atom. The summed E-state index contributed by atoms with van der Waals surface area (Å²) >= 11 is 0. The van der Waals surface area contributed by atoms with Crippen molar-refractivity contribution in [2.24, 2.45) is 0 Å². The molecule has 1 atom stereocenters. The summed E-state index contributed by atoms with van der Waals surface area (Å²) in [6, 6.07) is 16.0. The molecule has 7 heteroatoms. The molecule has 2 N–H and O–H groups in total. The molecule has 0 fully saturated rings. The fourth-order valence-electron chi connectivity index (χ4n) is 2.49. The van der Waals surface area contributed by atoms with Gasteiger partial charge in [-0.15, -0.1) is 0 Å². The van der Waals surface area contributed by atoms with E-state index >= 15 is 0 Å². The van der Waals surface area contributed by atoms with E-state index in [9.17, 15) is 14.4 Å². The average molecular weight is 384 g/mol. The molecule has 7 nitrogen and oxygen atoms in total. The van der Waals surface area contributed by atoms with Gasteiger partial charge in [-0.2, -0.15) is 0 Å². The van der Waals surface area contributed by atoms with Crippen LogP contribution in [0, 0.1) is 0 Å². The van der Waals surface area contributed by atoms with Gasteiger partial charge >= 0.3 is 5.97 Å². The van der Waals surface area contributed by atoms with Crippen LogP contribution >= 0.6 is 0 Å². The van der Waals surface area contributed by atoms with Crippen molar-refractivity contribution in [1.82, 2.24) is 10.6 Å². The van der Waals surface area contributed by atoms with Crippen molar-refractivity contribution in [1.29, 1.82) is 0 Å². The van der Waals surface area contributed by atoms with E-state index in [0.717, 1.165) is 5.56 Å². The van der Waals surface area contributed by atoms with Gasteiger partial charge < -0.3 is 20.1 Å². The predicted molar refractivity (Wildman–Crippen MR) is 104 cm³/mol. The number of para-hydroxylation sites is 1. The third-order valence-corrected chi connectivity index (χ3v) is 3.87. The lowest BCUT2D eigenvalue weighted by molar-refractivity contribution is -0.147. The van der Waals surface area contributed by atoms with Crippen LogP contribution in [0.15, 0.2) is 54.6 Å². The van der Waals surface area contributed by atoms with Gasteiger partial charge in [-0.3, -0.25) is 14.4 Å². The Morgan fingerprint density at radius 2 is 1.68 bits per heavy atom. The van der Waals surface area contributed by atoms with Gasteiger partial charge in [0.1, 0.15) is 12.3 Å². The SMILES string of the molecule is CCOc1ccccc1C(=O)NCC(=O)OCC(=O)N[C@@H](C)c1ccccc1. The Hall–Kier alpha value is -3.35. The minimum absolute atomic E-state index is 0.206. The van der Waals surface area contributed by atoms with E-state index in [1.54, 1.807) is 24.3 Å². The predicted octanol–water partition coefficient (Wildman–Crippen LogP) is 2.24. The van der Waals surface area contributed by atoms with Crippen LogP contribution in [0.1, 0.15) is 35.8 Å². The first-order valence-electron chi connectivity index (χ1n) is 9.01. The lowest BCUT2D eigenvalue weighted by Crippen LogP contribution is -2.34. The number of ether oxygens (including phenoxy) is 2. The standard InChI is InChI=1S/C21H24N2O5/c1-3-27-18-12-8-7-11-17(18)21(26)22-13-20(25)28-14-19(24)23-15(2)16-9-5-4-6-10-16/h4-12,15H,3,13-14H2,1-2H3,(H,22,26)(H,23,24)/t15-/m0/s1. The molecule has 2 aromatic carbocycles. The van der Waals surface area contributed by atoms with Crippen molar-refractivity contribution in [3.63, 3.8) is 0 Å². The molecule has 148 valence electrons. The van der Waals surface area contributed by atoms with Crippen molar-refractivity contribution >= 4 is 17.8 Å². The van der Waals surface area contributed by atoms with Crippen LogP contribution in [0.4, 0.5) is 0 Å². The molecule has 2 amide bonds. The van der Waals surface area contributed by atoms with Crippen LogP contribution in [-0.4, -0.2) is 37.5 Å². The van der Waals surface area contributed by atoms with Crippen LogP contribution < -0.4 is 15.4 Å². The number of carbonyl (C=O) groups excluding carboxylic acids is 3. The molecular weight excluding hydrogens is 360 g/mol. The number of hydrogen-bond donors (Lipinski definition) is 2. The molecule has 0 aliphatic carbocycles. The summed E-state index contributed by atoms with van der Waals surface area (Å²) in [5.74, 6) is -1.14. The summed E-state index contributed by atoms with van der Waals surface area (Å²) in [4.78, 5) is 35.9. The van der Waals surface area contributed by atoms with Gasteiger partial charge in [0.2, 0.25) is 0 Å². The zero-order valence-corrected chi connectivity index (χ0v) is 15.9. The number of rotatable bonds is 9. The summed E-state index contributed by atoms with van der Waals surface area (Å²) in [5, 5.41) is 5.21. The normalized spacial score (nSPS) is 11.2. The third kappa shape index (κ3) is 6.42. The second kappa shape index (κ2) is 10.7. The Balaban J connectivity index is 1.75. The number of amides is 2. The maximum Gasteiger partial charge on any atom is 0.325 e. The third-order valence-electron chi connectivity index (χ3n) is 3.87. The first-order chi connectivity index (χ1) is 13.5. The molecule has 0 aromatic heterocycles. The topological polar surface area (TPSA) is 93.7 Å². The molecule has 0 heterocycles. The minimum Gasteiger partial charge on any atom is -0.493 e. The molecule has 0 unspecified atom stereocenters. The summed E-state index contributed by atoms with van der Waals surface area (Å²) < 4.78 is 10.3. The molecule has 0 saturated carbocycles. The Kier molecular flexibility index (Phi) is 8.02. The first-order valence-corrected chi connectivity index (χ1v) is 9.01. The lowest BCUT2D eigenvalue weighted by atomic mass is 10.1. The molecule has 0 aliphatic rings. The quantitative estimate of drug-likeness (QED) is 0.647. The Morgan fingerprint density at radius 3 is 2.39 bits per heavy atom. The minimum atomic E-state index is -0.704. The molecule has 0 spiro atoms. The van der Waals surface area contributed by atoms with E-state index < -0.39 is 24.4 Å². The van der Waals surface area contributed by atoms with E-state index in [1.165, 1.54) is 0 Å². The van der Waals surface area contributed by atoms with Gasteiger partial charge in [0.25, 0.3) is 11.8 Å². The number of benzene rings is 2. The molecule has 0 radical (unpaired) electrons. The monoisotopic (exact) mass is 384 g/mol. The van der Waals surface area contributed by atoms with Gasteiger partial charge in [0.05, 0.1) is 18.2 Å². The Labute approximate surface area is 164 Å². The highest BCUT2D eigenvalue weighted by Gasteiger charge is 2.15. The van der Waals surface area contributed by atoms with Crippen LogP contribution in [0.25, 0.3) is 0 Å². The second-order valence-corrected chi connectivity index (χ2v) is 5.97. The van der Waals surface area contributed by atoms with Crippen LogP contribution in [-0.2, 0) is 14.3 Å². The van der Waals surface area contributed by atoms with Crippen molar-refractivity contribution in [3.8, 4) is 5.75 Å². The summed E-state index contributed by atoms with van der Waals surface area (Å²) in [6.07, 6.45) is 0. The highest BCUT2D eigenvalue weighted by atomic mass is 16.5. The summed E-state index contributed by atoms with van der Waals surface area (Å²) in [7, 11) is 0. The number of hydrogen-bond acceptors (Lipinski definition) is 5. The van der Waals surface area contributed by atoms with E-state index in [1.807, 2.05) is 44.2 Å². The van der Waals surface area contributed by atoms with Crippen molar-refractivity contribution < 1.29 is 23.9 Å². The Bertz CT molecular complexity index is 807. The van der Waals surface area contributed by atoms with Crippen LogP contribution in [0.2, 0.25) is 0 Å². The van der Waals surface area contributed by atoms with Gasteiger partial charge in [0, 0.05) is 0 Å². The van der Waals surface area contributed by atoms with Crippen molar-refractivity contribution in [3.05, 3.63) is 65.7 Å². The van der Waals surface area contributed by atoms with E-state index in [4.69, 9.17) is 9.47 Å². The highest BCUT2D eigenvalue weighted by molar-refractivity contribution is 5.98. The summed E-state index contributed by atoms with van der Waals surface area (Å²) in [6.45, 7) is 3.31. The first kappa shape index (κ1) is 21.0. The number of carbonyl (C=O) groups is 3. The fraction of sp³-hybridized carbons (Fsp3) is 0.286. The van der Waals surface area contributed by atoms with Gasteiger partial charge in [-0.1, -0.05) is 42.5 Å². The molecule has 0 bridgehead atoms. The van der Waals surface area contributed by atoms with E-state index in [2.05, 4.69) is 10.6 Å². The second-order valence-electron chi connectivity index (χ2n) is 5.97. The van der Waals surface area contributed by atoms with Gasteiger partial charge in [0.15, 0.2) is 6.61 Å².